The fourth-order valence-corrected chi connectivity index (χ4v) is 5.42. The van der Waals surface area contributed by atoms with E-state index in [0.717, 1.165) is 68.6 Å². The van der Waals surface area contributed by atoms with Crippen molar-refractivity contribution in [3.05, 3.63) is 52.3 Å². The number of hydrogen-bond acceptors (Lipinski definition) is 3. The fraction of sp³-hybridized carbons (Fsp3) is 0.440. The highest BCUT2D eigenvalue weighted by Crippen LogP contribution is 2.41. The third-order valence-corrected chi connectivity index (χ3v) is 6.92. The molecule has 0 spiro atoms. The molecule has 0 saturated carbocycles. The molecule has 0 atom stereocenters. The van der Waals surface area contributed by atoms with Crippen LogP contribution < -0.4 is 10.6 Å². The molecule has 2 aromatic rings. The molecule has 2 aliphatic heterocycles. The van der Waals surface area contributed by atoms with Crippen LogP contribution in [0.2, 0.25) is 0 Å². The zero-order valence-corrected chi connectivity index (χ0v) is 17.7. The third kappa shape index (κ3) is 3.81. The molecule has 1 amide bonds. The Balaban J connectivity index is 1.59. The number of carboxylic acid groups (broad SMARTS) is 1. The number of piperidine rings is 1. The van der Waals surface area contributed by atoms with Crippen molar-refractivity contribution < 1.29 is 14.7 Å². The summed E-state index contributed by atoms with van der Waals surface area (Å²) in [4.78, 5) is 24.3. The first-order chi connectivity index (χ1) is 15.1. The maximum atomic E-state index is 13.0. The van der Waals surface area contributed by atoms with Crippen LogP contribution in [0.4, 0.5) is 5.69 Å². The summed E-state index contributed by atoms with van der Waals surface area (Å²) in [7, 11) is 0. The first-order valence-electron chi connectivity index (χ1n) is 11.4. The van der Waals surface area contributed by atoms with Crippen LogP contribution >= 0.6 is 0 Å². The Bertz CT molecular complexity index is 1060. The van der Waals surface area contributed by atoms with Crippen LogP contribution in [0.25, 0.3) is 11.6 Å². The van der Waals surface area contributed by atoms with Crippen molar-refractivity contribution in [3.8, 4) is 0 Å². The number of aliphatic carboxylic acids is 1. The van der Waals surface area contributed by atoms with Crippen LogP contribution in [0.15, 0.2) is 24.3 Å². The zero-order chi connectivity index (χ0) is 21.4. The Morgan fingerprint density at radius 3 is 2.81 bits per heavy atom. The molecule has 162 valence electrons. The van der Waals surface area contributed by atoms with Gasteiger partial charge >= 0.3 is 5.97 Å². The number of amides is 1. The predicted octanol–water partition coefficient (Wildman–Crippen LogP) is 3.80. The lowest BCUT2D eigenvalue weighted by Crippen LogP contribution is -2.27. The van der Waals surface area contributed by atoms with Crippen molar-refractivity contribution in [2.45, 2.75) is 57.4 Å². The Kier molecular flexibility index (Phi) is 5.40. The molecular weight excluding hydrogens is 390 g/mol. The van der Waals surface area contributed by atoms with Gasteiger partial charge in [0.2, 0.25) is 0 Å². The second kappa shape index (κ2) is 8.35. The van der Waals surface area contributed by atoms with Gasteiger partial charge in [0, 0.05) is 29.2 Å². The van der Waals surface area contributed by atoms with Crippen LogP contribution in [0.3, 0.4) is 0 Å². The smallest absolute Gasteiger partial charge is 0.305 e. The van der Waals surface area contributed by atoms with Crippen LogP contribution in [0.1, 0.15) is 66.1 Å². The summed E-state index contributed by atoms with van der Waals surface area (Å²) in [6.07, 6.45) is 8.50. The summed E-state index contributed by atoms with van der Waals surface area (Å²) < 4.78 is 2.13. The van der Waals surface area contributed by atoms with E-state index >= 15 is 0 Å². The minimum absolute atomic E-state index is 0.0691. The van der Waals surface area contributed by atoms with Gasteiger partial charge in [0.25, 0.3) is 5.91 Å². The highest BCUT2D eigenvalue weighted by molar-refractivity contribution is 6.35. The number of fused-ring (bicyclic) bond motifs is 2. The Labute approximate surface area is 182 Å². The minimum atomic E-state index is -0.797. The van der Waals surface area contributed by atoms with E-state index in [2.05, 4.69) is 27.3 Å². The molecule has 1 aromatic heterocycles. The number of nitrogens with zero attached hydrogens (tertiary/aromatic N) is 1. The summed E-state index contributed by atoms with van der Waals surface area (Å²) in [5, 5.41) is 15.7. The number of aromatic nitrogens is 1. The lowest BCUT2D eigenvalue weighted by molar-refractivity contribution is -0.137. The summed E-state index contributed by atoms with van der Waals surface area (Å²) in [6, 6.07) is 8.35. The molecule has 1 saturated heterocycles. The van der Waals surface area contributed by atoms with E-state index < -0.39 is 5.97 Å². The molecular formula is C25H29N3O3. The van der Waals surface area contributed by atoms with Gasteiger partial charge in [-0.05, 0) is 86.9 Å². The van der Waals surface area contributed by atoms with Gasteiger partial charge in [-0.2, -0.15) is 0 Å². The van der Waals surface area contributed by atoms with E-state index in [-0.39, 0.29) is 12.3 Å². The summed E-state index contributed by atoms with van der Waals surface area (Å²) >= 11 is 0. The van der Waals surface area contributed by atoms with E-state index in [1.807, 2.05) is 18.2 Å². The van der Waals surface area contributed by atoms with E-state index in [4.69, 9.17) is 0 Å². The second-order valence-corrected chi connectivity index (χ2v) is 8.85. The van der Waals surface area contributed by atoms with Crippen LogP contribution in [0.5, 0.6) is 0 Å². The van der Waals surface area contributed by atoms with Crippen LogP contribution in [-0.2, 0) is 29.0 Å². The first kappa shape index (κ1) is 20.1. The van der Waals surface area contributed by atoms with Crippen molar-refractivity contribution in [1.82, 2.24) is 9.88 Å². The van der Waals surface area contributed by atoms with Crippen molar-refractivity contribution >= 4 is 29.2 Å². The molecule has 6 heteroatoms. The lowest BCUT2D eigenvalue weighted by Gasteiger charge is -2.25. The van der Waals surface area contributed by atoms with Gasteiger partial charge in [-0.1, -0.05) is 12.1 Å². The number of benzene rings is 1. The van der Waals surface area contributed by atoms with Crippen molar-refractivity contribution in [1.29, 1.82) is 0 Å². The minimum Gasteiger partial charge on any atom is -0.481 e. The number of aryl methyl sites for hydroxylation is 1. The molecule has 0 unspecified atom stereocenters. The highest BCUT2D eigenvalue weighted by atomic mass is 16.4. The van der Waals surface area contributed by atoms with Gasteiger partial charge in [-0.15, -0.1) is 0 Å². The molecule has 5 rings (SSSR count). The van der Waals surface area contributed by atoms with Crippen molar-refractivity contribution in [3.63, 3.8) is 0 Å². The zero-order valence-electron chi connectivity index (χ0n) is 17.7. The molecule has 1 aliphatic carbocycles. The molecule has 31 heavy (non-hydrogen) atoms. The standard InChI is InChI=1S/C25H29N3O3/c29-23(30)10-13-28-18(14-17-4-1-2-7-22(17)28)15-20-24-19(16-8-11-26-12-9-16)5-3-6-21(24)27-25(20)31/h3,5-6,14-16,26H,1-2,4,7-13H2,(H,27,31)(H,29,30). The molecule has 3 N–H and O–H groups in total. The monoisotopic (exact) mass is 419 g/mol. The van der Waals surface area contributed by atoms with Gasteiger partial charge in [0.05, 0.1) is 12.0 Å². The predicted molar refractivity (Wildman–Crippen MR) is 121 cm³/mol. The summed E-state index contributed by atoms with van der Waals surface area (Å²) in [5.41, 5.74) is 7.36. The number of carboxylic acids is 1. The second-order valence-electron chi connectivity index (χ2n) is 8.85. The first-order valence-corrected chi connectivity index (χ1v) is 11.4. The molecule has 0 radical (unpaired) electrons. The Morgan fingerprint density at radius 1 is 1.19 bits per heavy atom. The number of rotatable bonds is 5. The lowest BCUT2D eigenvalue weighted by atomic mass is 9.85. The van der Waals surface area contributed by atoms with Crippen molar-refractivity contribution in [2.24, 2.45) is 0 Å². The molecule has 6 nitrogen and oxygen atoms in total. The van der Waals surface area contributed by atoms with Gasteiger partial charge < -0.3 is 20.3 Å². The normalized spacial score (nSPS) is 19.9. The molecule has 0 bridgehead atoms. The Hall–Kier alpha value is -2.86. The summed E-state index contributed by atoms with van der Waals surface area (Å²) in [5.74, 6) is -0.423. The maximum absolute atomic E-state index is 13.0. The average molecular weight is 420 g/mol. The van der Waals surface area contributed by atoms with E-state index in [0.29, 0.717) is 18.0 Å². The quantitative estimate of drug-likeness (QED) is 0.644. The maximum Gasteiger partial charge on any atom is 0.305 e. The highest BCUT2D eigenvalue weighted by Gasteiger charge is 2.30. The van der Waals surface area contributed by atoms with E-state index in [9.17, 15) is 14.7 Å². The molecule has 3 aliphatic rings. The average Bonchev–Trinajstić information content (AvgIpc) is 3.29. The van der Waals surface area contributed by atoms with E-state index in [1.165, 1.54) is 16.8 Å². The number of nitrogens with one attached hydrogen (secondary N) is 2. The van der Waals surface area contributed by atoms with Crippen LogP contribution in [-0.4, -0.2) is 34.6 Å². The number of anilines is 1. The number of carbonyl (C=O) groups is 2. The molecule has 1 fully saturated rings. The van der Waals surface area contributed by atoms with Gasteiger partial charge in [-0.25, -0.2) is 0 Å². The largest absolute Gasteiger partial charge is 0.481 e. The topological polar surface area (TPSA) is 83.4 Å². The number of carbonyl (C=O) groups excluding carboxylic acids is 1. The SMILES string of the molecule is O=C(O)CCn1c(C=C2C(=O)Nc3cccc(C4CCNCC4)c32)cc2c1CCCC2. The van der Waals surface area contributed by atoms with Gasteiger partial charge in [-0.3, -0.25) is 9.59 Å². The van der Waals surface area contributed by atoms with E-state index in [1.54, 1.807) is 0 Å². The van der Waals surface area contributed by atoms with Crippen LogP contribution in [0, 0.1) is 0 Å². The van der Waals surface area contributed by atoms with Gasteiger partial charge in [0.15, 0.2) is 0 Å². The third-order valence-electron chi connectivity index (χ3n) is 6.92. The molecule has 1 aromatic carbocycles. The fourth-order valence-electron chi connectivity index (χ4n) is 5.42. The number of hydrogen-bond donors (Lipinski definition) is 3. The van der Waals surface area contributed by atoms with Gasteiger partial charge in [0.1, 0.15) is 0 Å². The Morgan fingerprint density at radius 2 is 2.00 bits per heavy atom. The summed E-state index contributed by atoms with van der Waals surface area (Å²) in [6.45, 7) is 2.44. The van der Waals surface area contributed by atoms with Crippen molar-refractivity contribution in [2.75, 3.05) is 18.4 Å². The molecule has 3 heterocycles.